The Bertz CT molecular complexity index is 546. The van der Waals surface area contributed by atoms with Crippen LogP contribution in [-0.2, 0) is 20.1 Å². The standard InChI is InChI=1S/C12H19N7O/c1-4-13-12(14-7-10-5-6-20-17-10)18(2)8-11-15-9-16-19(11)3/h5-6,9H,4,7-8H2,1-3H3,(H,13,14). The molecule has 0 atom stereocenters. The summed E-state index contributed by atoms with van der Waals surface area (Å²) in [6, 6.07) is 1.80. The van der Waals surface area contributed by atoms with Gasteiger partial charge in [0.05, 0.1) is 13.1 Å². The Morgan fingerprint density at radius 3 is 3.00 bits per heavy atom. The number of hydrogen-bond donors (Lipinski definition) is 1. The summed E-state index contributed by atoms with van der Waals surface area (Å²) >= 11 is 0. The second kappa shape index (κ2) is 6.69. The minimum absolute atomic E-state index is 0.474. The van der Waals surface area contributed by atoms with E-state index in [4.69, 9.17) is 4.52 Å². The molecule has 1 N–H and O–H groups in total. The van der Waals surface area contributed by atoms with Crippen LogP contribution in [0.4, 0.5) is 0 Å². The summed E-state index contributed by atoms with van der Waals surface area (Å²) in [6.07, 6.45) is 3.09. The smallest absolute Gasteiger partial charge is 0.194 e. The van der Waals surface area contributed by atoms with E-state index in [0.717, 1.165) is 24.0 Å². The first-order valence-corrected chi connectivity index (χ1v) is 6.42. The van der Waals surface area contributed by atoms with Crippen molar-refractivity contribution in [3.8, 4) is 0 Å². The largest absolute Gasteiger partial charge is 0.364 e. The molecule has 0 aromatic carbocycles. The summed E-state index contributed by atoms with van der Waals surface area (Å²) in [5, 5.41) is 11.1. The van der Waals surface area contributed by atoms with Crippen LogP contribution in [0.5, 0.6) is 0 Å². The van der Waals surface area contributed by atoms with Crippen molar-refractivity contribution in [2.75, 3.05) is 13.6 Å². The van der Waals surface area contributed by atoms with Crippen molar-refractivity contribution >= 4 is 5.96 Å². The van der Waals surface area contributed by atoms with Gasteiger partial charge < -0.3 is 14.7 Å². The minimum atomic E-state index is 0.474. The van der Waals surface area contributed by atoms with Gasteiger partial charge in [-0.05, 0) is 6.92 Å². The molecule has 0 aliphatic rings. The highest BCUT2D eigenvalue weighted by Gasteiger charge is 2.10. The van der Waals surface area contributed by atoms with E-state index in [9.17, 15) is 0 Å². The first-order chi connectivity index (χ1) is 9.70. The van der Waals surface area contributed by atoms with Crippen LogP contribution in [0.3, 0.4) is 0 Å². The van der Waals surface area contributed by atoms with Crippen LogP contribution in [-0.4, -0.2) is 44.4 Å². The quantitative estimate of drug-likeness (QED) is 0.629. The number of hydrogen-bond acceptors (Lipinski definition) is 5. The Kier molecular flexibility index (Phi) is 4.70. The van der Waals surface area contributed by atoms with Gasteiger partial charge in [0.25, 0.3) is 0 Å². The number of guanidine groups is 1. The van der Waals surface area contributed by atoms with Crippen LogP contribution in [0.2, 0.25) is 0 Å². The molecule has 0 bridgehead atoms. The van der Waals surface area contributed by atoms with E-state index in [-0.39, 0.29) is 0 Å². The molecule has 8 nitrogen and oxygen atoms in total. The van der Waals surface area contributed by atoms with Crippen molar-refractivity contribution in [3.05, 3.63) is 30.2 Å². The third-order valence-electron chi connectivity index (χ3n) is 2.76. The maximum Gasteiger partial charge on any atom is 0.194 e. The molecule has 2 aromatic heterocycles. The van der Waals surface area contributed by atoms with Crippen LogP contribution in [0, 0.1) is 0 Å². The van der Waals surface area contributed by atoms with Crippen LogP contribution >= 0.6 is 0 Å². The van der Waals surface area contributed by atoms with E-state index in [2.05, 4.69) is 25.5 Å². The molecule has 8 heteroatoms. The van der Waals surface area contributed by atoms with Gasteiger partial charge in [0.1, 0.15) is 24.1 Å². The Labute approximate surface area is 117 Å². The lowest BCUT2D eigenvalue weighted by Crippen LogP contribution is -2.39. The minimum Gasteiger partial charge on any atom is -0.364 e. The maximum atomic E-state index is 4.79. The molecule has 0 saturated heterocycles. The average Bonchev–Trinajstić information content (AvgIpc) is 3.07. The summed E-state index contributed by atoms with van der Waals surface area (Å²) < 4.78 is 6.54. The molecule has 0 fully saturated rings. The van der Waals surface area contributed by atoms with E-state index >= 15 is 0 Å². The van der Waals surface area contributed by atoms with Gasteiger partial charge in [0, 0.05) is 26.7 Å². The number of nitrogens with zero attached hydrogens (tertiary/aromatic N) is 6. The van der Waals surface area contributed by atoms with Gasteiger partial charge in [-0.3, -0.25) is 4.68 Å². The summed E-state index contributed by atoms with van der Waals surface area (Å²) in [6.45, 7) is 3.92. The molecular weight excluding hydrogens is 258 g/mol. The summed E-state index contributed by atoms with van der Waals surface area (Å²) in [7, 11) is 3.83. The van der Waals surface area contributed by atoms with E-state index in [0.29, 0.717) is 13.1 Å². The molecule has 0 saturated carbocycles. The van der Waals surface area contributed by atoms with Crippen molar-refractivity contribution in [2.45, 2.75) is 20.0 Å². The Morgan fingerprint density at radius 1 is 1.55 bits per heavy atom. The normalized spacial score (nSPS) is 11.7. The lowest BCUT2D eigenvalue weighted by molar-refractivity contribution is 0.411. The van der Waals surface area contributed by atoms with Gasteiger partial charge in [0.2, 0.25) is 0 Å². The molecule has 0 aliphatic carbocycles. The predicted octanol–water partition coefficient (Wildman–Crippen LogP) is 0.401. The number of nitrogens with one attached hydrogen (secondary N) is 1. The fraction of sp³-hybridized carbons (Fsp3) is 0.500. The molecule has 0 aliphatic heterocycles. The third-order valence-corrected chi connectivity index (χ3v) is 2.76. The SMILES string of the molecule is CCNC(=NCc1ccon1)N(C)Cc1ncnn1C. The average molecular weight is 277 g/mol. The Balaban J connectivity index is 2.03. The zero-order chi connectivity index (χ0) is 14.4. The molecule has 108 valence electrons. The zero-order valence-electron chi connectivity index (χ0n) is 11.9. The van der Waals surface area contributed by atoms with Gasteiger partial charge in [-0.25, -0.2) is 9.98 Å². The third kappa shape index (κ3) is 3.56. The number of rotatable bonds is 5. The van der Waals surface area contributed by atoms with Crippen LogP contribution in [0.25, 0.3) is 0 Å². The maximum absolute atomic E-state index is 4.79. The summed E-state index contributed by atoms with van der Waals surface area (Å²) in [4.78, 5) is 10.7. The van der Waals surface area contributed by atoms with E-state index in [1.54, 1.807) is 23.3 Å². The zero-order valence-corrected chi connectivity index (χ0v) is 11.9. The number of aryl methyl sites for hydroxylation is 1. The number of aromatic nitrogens is 4. The van der Waals surface area contributed by atoms with Crippen molar-refractivity contribution < 1.29 is 4.52 Å². The molecule has 0 amide bonds. The van der Waals surface area contributed by atoms with E-state index < -0.39 is 0 Å². The first kappa shape index (κ1) is 14.0. The fourth-order valence-electron chi connectivity index (χ4n) is 1.69. The van der Waals surface area contributed by atoms with Crippen LogP contribution < -0.4 is 5.32 Å². The molecule has 2 rings (SSSR count). The van der Waals surface area contributed by atoms with Crippen molar-refractivity contribution in [3.63, 3.8) is 0 Å². The predicted molar refractivity (Wildman–Crippen MR) is 73.8 cm³/mol. The van der Waals surface area contributed by atoms with Gasteiger partial charge >= 0.3 is 0 Å². The highest BCUT2D eigenvalue weighted by Crippen LogP contribution is 2.01. The fourth-order valence-corrected chi connectivity index (χ4v) is 1.69. The van der Waals surface area contributed by atoms with Crippen molar-refractivity contribution in [1.82, 2.24) is 30.1 Å². The topological polar surface area (TPSA) is 84.4 Å². The van der Waals surface area contributed by atoms with E-state index in [1.165, 1.54) is 0 Å². The number of aliphatic imine (C=N–C) groups is 1. The van der Waals surface area contributed by atoms with Crippen LogP contribution in [0.1, 0.15) is 18.4 Å². The molecule has 20 heavy (non-hydrogen) atoms. The van der Waals surface area contributed by atoms with Gasteiger partial charge in [-0.1, -0.05) is 5.16 Å². The molecule has 0 spiro atoms. The summed E-state index contributed by atoms with van der Waals surface area (Å²) in [5.74, 6) is 1.66. The molecule has 0 radical (unpaired) electrons. The lowest BCUT2D eigenvalue weighted by atomic mass is 10.4. The van der Waals surface area contributed by atoms with Gasteiger partial charge in [0.15, 0.2) is 5.96 Å². The van der Waals surface area contributed by atoms with Gasteiger partial charge in [-0.2, -0.15) is 5.10 Å². The second-order valence-electron chi connectivity index (χ2n) is 4.32. The van der Waals surface area contributed by atoms with Crippen molar-refractivity contribution in [1.29, 1.82) is 0 Å². The molecule has 0 unspecified atom stereocenters. The Hall–Kier alpha value is -2.38. The first-order valence-electron chi connectivity index (χ1n) is 6.42. The highest BCUT2D eigenvalue weighted by molar-refractivity contribution is 5.79. The van der Waals surface area contributed by atoms with E-state index in [1.807, 2.05) is 25.9 Å². The molecule has 2 heterocycles. The highest BCUT2D eigenvalue weighted by atomic mass is 16.5. The van der Waals surface area contributed by atoms with Crippen LogP contribution in [0.15, 0.2) is 28.2 Å². The summed E-state index contributed by atoms with van der Waals surface area (Å²) in [5.41, 5.74) is 0.799. The van der Waals surface area contributed by atoms with Gasteiger partial charge in [-0.15, -0.1) is 0 Å². The lowest BCUT2D eigenvalue weighted by Gasteiger charge is -2.21. The molecular formula is C12H19N7O. The monoisotopic (exact) mass is 277 g/mol. The second-order valence-corrected chi connectivity index (χ2v) is 4.32. The van der Waals surface area contributed by atoms with Crippen molar-refractivity contribution in [2.24, 2.45) is 12.0 Å². The molecule has 2 aromatic rings. The Morgan fingerprint density at radius 2 is 2.40 bits per heavy atom.